The molecule has 0 spiro atoms. The van der Waals surface area contributed by atoms with Gasteiger partial charge in [-0.3, -0.25) is 9.59 Å². The molecule has 3 rings (SSSR count). The minimum atomic E-state index is -0.685. The molecule has 7 heteroatoms. The minimum Gasteiger partial charge on any atom is -0.497 e. The summed E-state index contributed by atoms with van der Waals surface area (Å²) in [6.45, 7) is 0. The van der Waals surface area contributed by atoms with Crippen molar-refractivity contribution >= 4 is 46.4 Å². The Morgan fingerprint density at radius 3 is 2.50 bits per heavy atom. The zero-order valence-corrected chi connectivity index (χ0v) is 14.3. The fraction of sp³-hybridized carbons (Fsp3) is 0.176. The number of rotatable bonds is 4. The number of ether oxygens (including phenoxy) is 1. The first-order valence-corrected chi connectivity index (χ1v) is 7.98. The van der Waals surface area contributed by atoms with E-state index in [-0.39, 0.29) is 18.2 Å². The van der Waals surface area contributed by atoms with E-state index < -0.39 is 6.04 Å². The van der Waals surface area contributed by atoms with Crippen LogP contribution in [0.25, 0.3) is 0 Å². The number of carbonyl (C=O) groups is 2. The van der Waals surface area contributed by atoms with Crippen LogP contribution < -0.4 is 15.0 Å². The summed E-state index contributed by atoms with van der Waals surface area (Å²) in [6.07, 6.45) is 0.0493. The van der Waals surface area contributed by atoms with Crippen molar-refractivity contribution < 1.29 is 14.3 Å². The zero-order valence-electron chi connectivity index (χ0n) is 12.8. The lowest BCUT2D eigenvalue weighted by molar-refractivity contribution is -0.121. The smallest absolute Gasteiger partial charge is 0.256 e. The lowest BCUT2D eigenvalue weighted by Gasteiger charge is -2.17. The number of amides is 2. The molecule has 1 N–H and O–H groups in total. The highest BCUT2D eigenvalue weighted by Gasteiger charge is 2.39. The van der Waals surface area contributed by atoms with E-state index >= 15 is 0 Å². The van der Waals surface area contributed by atoms with E-state index in [1.54, 1.807) is 49.6 Å². The molecule has 0 saturated carbocycles. The normalized spacial score (nSPS) is 17.3. The number of halogens is 2. The number of benzene rings is 2. The Morgan fingerprint density at radius 2 is 1.83 bits per heavy atom. The van der Waals surface area contributed by atoms with Crippen LogP contribution in [0.2, 0.25) is 10.0 Å². The molecule has 0 aromatic heterocycles. The molecular weight excluding hydrogens is 351 g/mol. The van der Waals surface area contributed by atoms with Crippen LogP contribution in [-0.4, -0.2) is 25.0 Å². The Bertz CT molecular complexity index is 793. The lowest BCUT2D eigenvalue weighted by atomic mass is 10.2. The number of nitrogens with one attached hydrogen (secondary N) is 1. The van der Waals surface area contributed by atoms with Crippen LogP contribution in [0.15, 0.2) is 42.5 Å². The largest absolute Gasteiger partial charge is 0.497 e. The summed E-state index contributed by atoms with van der Waals surface area (Å²) >= 11 is 12.1. The van der Waals surface area contributed by atoms with Gasteiger partial charge in [-0.25, -0.2) is 4.90 Å². The Morgan fingerprint density at radius 1 is 1.12 bits per heavy atom. The Labute approximate surface area is 149 Å². The van der Waals surface area contributed by atoms with E-state index in [4.69, 9.17) is 27.9 Å². The molecular formula is C17H14Cl2N2O3. The van der Waals surface area contributed by atoms with Gasteiger partial charge in [0.25, 0.3) is 5.91 Å². The van der Waals surface area contributed by atoms with Crippen LogP contribution in [0, 0.1) is 0 Å². The van der Waals surface area contributed by atoms with Crippen molar-refractivity contribution in [3.8, 4) is 5.75 Å². The van der Waals surface area contributed by atoms with Gasteiger partial charge in [0.15, 0.2) is 0 Å². The molecule has 1 fully saturated rings. The number of hydrogen-bond acceptors (Lipinski definition) is 4. The van der Waals surface area contributed by atoms with Gasteiger partial charge in [0.05, 0.1) is 35.0 Å². The molecule has 2 aromatic carbocycles. The standard InChI is InChI=1S/C17H14Cl2N2O3/c1-24-11-7-5-10(6-8-11)21-15(22)9-14(17(21)23)20-13-4-2-3-12(18)16(13)19/h2-8,14,20H,9H2,1H3. The third-order valence-corrected chi connectivity index (χ3v) is 4.58. The fourth-order valence-electron chi connectivity index (χ4n) is 2.55. The predicted octanol–water partition coefficient (Wildman–Crippen LogP) is 3.75. The number of nitrogens with zero attached hydrogens (tertiary/aromatic N) is 1. The zero-order chi connectivity index (χ0) is 17.3. The Kier molecular flexibility index (Phi) is 4.64. The number of carbonyl (C=O) groups excluding carboxylic acids is 2. The summed E-state index contributed by atoms with van der Waals surface area (Å²) in [4.78, 5) is 26.0. The van der Waals surface area contributed by atoms with Gasteiger partial charge in [0.2, 0.25) is 5.91 Å². The summed E-state index contributed by atoms with van der Waals surface area (Å²) in [7, 11) is 1.55. The second-order valence-electron chi connectivity index (χ2n) is 5.27. The van der Waals surface area contributed by atoms with Crippen molar-refractivity contribution in [2.45, 2.75) is 12.5 Å². The first kappa shape index (κ1) is 16.6. The molecule has 1 saturated heterocycles. The molecule has 24 heavy (non-hydrogen) atoms. The molecule has 1 aliphatic rings. The van der Waals surface area contributed by atoms with Gasteiger partial charge in [-0.15, -0.1) is 0 Å². The molecule has 0 bridgehead atoms. The second kappa shape index (κ2) is 6.71. The van der Waals surface area contributed by atoms with E-state index in [1.165, 1.54) is 0 Å². The van der Waals surface area contributed by atoms with Crippen LogP contribution >= 0.6 is 23.2 Å². The van der Waals surface area contributed by atoms with Crippen molar-refractivity contribution in [2.24, 2.45) is 0 Å². The number of imide groups is 1. The average Bonchev–Trinajstić information content (AvgIpc) is 2.86. The second-order valence-corrected chi connectivity index (χ2v) is 6.05. The summed E-state index contributed by atoms with van der Waals surface area (Å²) < 4.78 is 5.08. The van der Waals surface area contributed by atoms with E-state index in [0.717, 1.165) is 4.90 Å². The molecule has 0 radical (unpaired) electrons. The van der Waals surface area contributed by atoms with Gasteiger partial charge >= 0.3 is 0 Å². The number of anilines is 2. The van der Waals surface area contributed by atoms with Gasteiger partial charge in [-0.2, -0.15) is 0 Å². The van der Waals surface area contributed by atoms with Crippen molar-refractivity contribution in [3.63, 3.8) is 0 Å². The summed E-state index contributed by atoms with van der Waals surface area (Å²) in [6, 6.07) is 11.1. The third kappa shape index (κ3) is 3.05. The molecule has 124 valence electrons. The Balaban J connectivity index is 1.82. The highest BCUT2D eigenvalue weighted by atomic mass is 35.5. The van der Waals surface area contributed by atoms with Crippen LogP contribution in [0.5, 0.6) is 5.75 Å². The average molecular weight is 365 g/mol. The fourth-order valence-corrected chi connectivity index (χ4v) is 2.91. The predicted molar refractivity (Wildman–Crippen MR) is 94.0 cm³/mol. The molecule has 2 aromatic rings. The van der Waals surface area contributed by atoms with E-state index in [2.05, 4.69) is 5.32 Å². The summed E-state index contributed by atoms with van der Waals surface area (Å²) in [5.41, 5.74) is 1.03. The van der Waals surface area contributed by atoms with Gasteiger partial charge < -0.3 is 10.1 Å². The molecule has 1 aliphatic heterocycles. The van der Waals surface area contributed by atoms with E-state index in [0.29, 0.717) is 27.2 Å². The van der Waals surface area contributed by atoms with Crippen LogP contribution in [0.4, 0.5) is 11.4 Å². The summed E-state index contributed by atoms with van der Waals surface area (Å²) in [5, 5.41) is 3.70. The van der Waals surface area contributed by atoms with Crippen LogP contribution in [0.1, 0.15) is 6.42 Å². The van der Waals surface area contributed by atoms with Crippen molar-refractivity contribution in [2.75, 3.05) is 17.3 Å². The summed E-state index contributed by atoms with van der Waals surface area (Å²) in [5.74, 6) is 0.0419. The van der Waals surface area contributed by atoms with Gasteiger partial charge in [0, 0.05) is 0 Å². The van der Waals surface area contributed by atoms with Crippen molar-refractivity contribution in [3.05, 3.63) is 52.5 Å². The first-order valence-electron chi connectivity index (χ1n) is 7.22. The van der Waals surface area contributed by atoms with E-state index in [1.807, 2.05) is 0 Å². The van der Waals surface area contributed by atoms with Crippen molar-refractivity contribution in [1.29, 1.82) is 0 Å². The maximum atomic E-state index is 12.6. The molecule has 1 heterocycles. The lowest BCUT2D eigenvalue weighted by Crippen LogP contribution is -2.34. The molecule has 0 aliphatic carbocycles. The highest BCUT2D eigenvalue weighted by molar-refractivity contribution is 6.43. The third-order valence-electron chi connectivity index (χ3n) is 3.76. The van der Waals surface area contributed by atoms with Gasteiger partial charge in [-0.05, 0) is 36.4 Å². The topological polar surface area (TPSA) is 58.6 Å². The van der Waals surface area contributed by atoms with Crippen molar-refractivity contribution in [1.82, 2.24) is 0 Å². The highest BCUT2D eigenvalue weighted by Crippen LogP contribution is 2.32. The van der Waals surface area contributed by atoms with Crippen LogP contribution in [0.3, 0.4) is 0 Å². The number of methoxy groups -OCH3 is 1. The molecule has 1 unspecified atom stereocenters. The quantitative estimate of drug-likeness (QED) is 0.839. The molecule has 1 atom stereocenters. The molecule has 5 nitrogen and oxygen atoms in total. The molecule has 2 amide bonds. The van der Waals surface area contributed by atoms with E-state index in [9.17, 15) is 9.59 Å². The maximum Gasteiger partial charge on any atom is 0.256 e. The Hall–Kier alpha value is -2.24. The monoisotopic (exact) mass is 364 g/mol. The van der Waals surface area contributed by atoms with Gasteiger partial charge in [-0.1, -0.05) is 29.3 Å². The first-order chi connectivity index (χ1) is 11.5. The minimum absolute atomic E-state index is 0.0493. The van der Waals surface area contributed by atoms with Crippen LogP contribution in [-0.2, 0) is 9.59 Å². The SMILES string of the molecule is COc1ccc(N2C(=O)CC(Nc3cccc(Cl)c3Cl)C2=O)cc1. The van der Waals surface area contributed by atoms with Gasteiger partial charge in [0.1, 0.15) is 11.8 Å². The maximum absolute atomic E-state index is 12.6. The number of hydrogen-bond donors (Lipinski definition) is 1.